The Bertz CT molecular complexity index is 824. The molecule has 112 valence electrons. The molecule has 1 saturated heterocycles. The van der Waals surface area contributed by atoms with Crippen LogP contribution in [-0.4, -0.2) is 38.9 Å². The fraction of sp³-hybridized carbons (Fsp3) is 0.312. The molecule has 0 bridgehead atoms. The third-order valence-corrected chi connectivity index (χ3v) is 4.21. The Balaban J connectivity index is 1.85. The molecule has 1 fully saturated rings. The van der Waals surface area contributed by atoms with Crippen molar-refractivity contribution in [1.82, 2.24) is 19.7 Å². The zero-order chi connectivity index (χ0) is 15.1. The fourth-order valence-corrected chi connectivity index (χ4v) is 3.04. The van der Waals surface area contributed by atoms with Gasteiger partial charge in [0.15, 0.2) is 5.65 Å². The second kappa shape index (κ2) is 5.06. The van der Waals surface area contributed by atoms with Crippen molar-refractivity contribution in [3.8, 4) is 5.69 Å². The lowest BCUT2D eigenvalue weighted by Crippen LogP contribution is -2.27. The second-order valence-electron chi connectivity index (χ2n) is 5.77. The number of benzene rings is 1. The number of nitrogens with zero attached hydrogens (tertiary/aromatic N) is 5. The van der Waals surface area contributed by atoms with Gasteiger partial charge in [0.05, 0.1) is 17.3 Å². The first-order valence-electron chi connectivity index (χ1n) is 7.49. The highest BCUT2D eigenvalue weighted by molar-refractivity contribution is 5.87. The maximum Gasteiger partial charge on any atom is 0.168 e. The van der Waals surface area contributed by atoms with E-state index in [-0.39, 0.29) is 6.04 Å². The standard InChI is InChI=1S/C16H18N6/c1-11-4-2-3-5-14(11)22-16-13(8-20-22)15(18-10-19-16)21-7-6-12(17)9-21/h2-5,8,10,12H,6-7,9,17H2,1H3. The summed E-state index contributed by atoms with van der Waals surface area (Å²) in [7, 11) is 0. The van der Waals surface area contributed by atoms with Crippen LogP contribution in [0.25, 0.3) is 16.7 Å². The summed E-state index contributed by atoms with van der Waals surface area (Å²) in [5.74, 6) is 0.929. The van der Waals surface area contributed by atoms with Crippen molar-refractivity contribution in [3.05, 3.63) is 42.4 Å². The molecule has 0 spiro atoms. The van der Waals surface area contributed by atoms with Crippen LogP contribution in [0.5, 0.6) is 0 Å². The van der Waals surface area contributed by atoms with Gasteiger partial charge in [0.25, 0.3) is 0 Å². The van der Waals surface area contributed by atoms with Gasteiger partial charge in [-0.1, -0.05) is 18.2 Å². The Kier molecular flexibility index (Phi) is 3.04. The Morgan fingerprint density at radius 3 is 2.86 bits per heavy atom. The third-order valence-electron chi connectivity index (χ3n) is 4.21. The van der Waals surface area contributed by atoms with Crippen molar-refractivity contribution < 1.29 is 0 Å². The quantitative estimate of drug-likeness (QED) is 0.778. The van der Waals surface area contributed by atoms with E-state index in [1.807, 2.05) is 23.0 Å². The minimum absolute atomic E-state index is 0.219. The second-order valence-corrected chi connectivity index (χ2v) is 5.77. The highest BCUT2D eigenvalue weighted by Gasteiger charge is 2.23. The van der Waals surface area contributed by atoms with E-state index in [0.717, 1.165) is 47.6 Å². The maximum atomic E-state index is 6.02. The molecule has 2 aromatic heterocycles. The van der Waals surface area contributed by atoms with Gasteiger partial charge >= 0.3 is 0 Å². The molecule has 22 heavy (non-hydrogen) atoms. The van der Waals surface area contributed by atoms with Crippen molar-refractivity contribution in [2.24, 2.45) is 5.73 Å². The predicted octanol–water partition coefficient (Wildman–Crippen LogP) is 1.66. The number of nitrogens with two attached hydrogens (primary N) is 1. The molecule has 0 aliphatic carbocycles. The molecule has 0 saturated carbocycles. The third kappa shape index (κ3) is 2.03. The lowest BCUT2D eigenvalue weighted by Gasteiger charge is -2.17. The van der Waals surface area contributed by atoms with E-state index in [0.29, 0.717) is 0 Å². The number of fused-ring (bicyclic) bond motifs is 1. The molecule has 1 unspecified atom stereocenters. The molecule has 1 aliphatic rings. The van der Waals surface area contributed by atoms with Crippen LogP contribution in [0.1, 0.15) is 12.0 Å². The summed E-state index contributed by atoms with van der Waals surface area (Å²) in [5.41, 5.74) is 9.05. The average molecular weight is 294 g/mol. The fourth-order valence-electron chi connectivity index (χ4n) is 3.04. The summed E-state index contributed by atoms with van der Waals surface area (Å²) in [5, 5.41) is 5.51. The van der Waals surface area contributed by atoms with Gasteiger partial charge in [-0.05, 0) is 25.0 Å². The van der Waals surface area contributed by atoms with Crippen LogP contribution >= 0.6 is 0 Å². The van der Waals surface area contributed by atoms with Crippen LogP contribution < -0.4 is 10.6 Å². The Morgan fingerprint density at radius 2 is 2.09 bits per heavy atom. The van der Waals surface area contributed by atoms with Crippen LogP contribution in [0.3, 0.4) is 0 Å². The molecule has 1 aliphatic heterocycles. The molecule has 6 nitrogen and oxygen atoms in total. The van der Waals surface area contributed by atoms with Gasteiger partial charge in [0.2, 0.25) is 0 Å². The number of para-hydroxylation sites is 1. The van der Waals surface area contributed by atoms with E-state index in [1.165, 1.54) is 0 Å². The minimum atomic E-state index is 0.219. The van der Waals surface area contributed by atoms with E-state index in [9.17, 15) is 0 Å². The van der Waals surface area contributed by atoms with E-state index in [2.05, 4.69) is 39.0 Å². The zero-order valence-electron chi connectivity index (χ0n) is 12.5. The van der Waals surface area contributed by atoms with Crippen LogP contribution in [0, 0.1) is 6.92 Å². The summed E-state index contributed by atoms with van der Waals surface area (Å²) in [4.78, 5) is 11.1. The number of anilines is 1. The number of hydrogen-bond donors (Lipinski definition) is 1. The molecule has 3 aromatic rings. The van der Waals surface area contributed by atoms with Crippen molar-refractivity contribution in [2.45, 2.75) is 19.4 Å². The Morgan fingerprint density at radius 1 is 1.23 bits per heavy atom. The molecular formula is C16H18N6. The molecule has 2 N–H and O–H groups in total. The summed E-state index contributed by atoms with van der Waals surface area (Å²) in [6, 6.07) is 8.38. The number of hydrogen-bond acceptors (Lipinski definition) is 5. The molecule has 4 rings (SSSR count). The molecular weight excluding hydrogens is 276 g/mol. The first-order chi connectivity index (χ1) is 10.7. The van der Waals surface area contributed by atoms with Crippen LogP contribution in [0.15, 0.2) is 36.8 Å². The van der Waals surface area contributed by atoms with Crippen molar-refractivity contribution in [2.75, 3.05) is 18.0 Å². The van der Waals surface area contributed by atoms with Crippen molar-refractivity contribution in [1.29, 1.82) is 0 Å². The molecule has 6 heteroatoms. The van der Waals surface area contributed by atoms with Gasteiger partial charge < -0.3 is 10.6 Å². The first kappa shape index (κ1) is 13.2. The SMILES string of the molecule is Cc1ccccc1-n1ncc2c(N3CCC(N)C3)ncnc21. The van der Waals surface area contributed by atoms with Gasteiger partial charge in [-0.15, -0.1) is 0 Å². The molecule has 0 radical (unpaired) electrons. The monoisotopic (exact) mass is 294 g/mol. The van der Waals surface area contributed by atoms with Crippen LogP contribution in [0.4, 0.5) is 5.82 Å². The lowest BCUT2D eigenvalue weighted by atomic mass is 10.2. The van der Waals surface area contributed by atoms with E-state index < -0.39 is 0 Å². The van der Waals surface area contributed by atoms with Crippen LogP contribution in [-0.2, 0) is 0 Å². The zero-order valence-corrected chi connectivity index (χ0v) is 12.5. The normalized spacial score (nSPS) is 18.3. The summed E-state index contributed by atoms with van der Waals surface area (Å²) >= 11 is 0. The van der Waals surface area contributed by atoms with Crippen molar-refractivity contribution >= 4 is 16.9 Å². The highest BCUT2D eigenvalue weighted by Crippen LogP contribution is 2.27. The summed E-state index contributed by atoms with van der Waals surface area (Å²) in [6.45, 7) is 3.84. The van der Waals surface area contributed by atoms with Gasteiger partial charge in [-0.2, -0.15) is 5.10 Å². The molecule has 1 atom stereocenters. The topological polar surface area (TPSA) is 72.9 Å². The predicted molar refractivity (Wildman–Crippen MR) is 86.2 cm³/mol. The Hall–Kier alpha value is -2.47. The van der Waals surface area contributed by atoms with E-state index in [1.54, 1.807) is 6.33 Å². The largest absolute Gasteiger partial charge is 0.354 e. The van der Waals surface area contributed by atoms with Gasteiger partial charge in [0.1, 0.15) is 12.1 Å². The van der Waals surface area contributed by atoms with Crippen LogP contribution in [0.2, 0.25) is 0 Å². The Labute approximate surface area is 128 Å². The summed E-state index contributed by atoms with van der Waals surface area (Å²) < 4.78 is 1.88. The van der Waals surface area contributed by atoms with Gasteiger partial charge in [-0.3, -0.25) is 0 Å². The first-order valence-corrected chi connectivity index (χ1v) is 7.49. The molecule has 3 heterocycles. The van der Waals surface area contributed by atoms with Gasteiger partial charge in [-0.25, -0.2) is 14.6 Å². The maximum absolute atomic E-state index is 6.02. The number of aryl methyl sites for hydroxylation is 1. The molecule has 1 aromatic carbocycles. The lowest BCUT2D eigenvalue weighted by molar-refractivity contribution is 0.751. The van der Waals surface area contributed by atoms with Crippen molar-refractivity contribution in [3.63, 3.8) is 0 Å². The van der Waals surface area contributed by atoms with E-state index in [4.69, 9.17) is 5.73 Å². The minimum Gasteiger partial charge on any atom is -0.354 e. The number of aromatic nitrogens is 4. The number of rotatable bonds is 2. The highest BCUT2D eigenvalue weighted by atomic mass is 15.3. The average Bonchev–Trinajstić information content (AvgIpc) is 3.14. The van der Waals surface area contributed by atoms with E-state index >= 15 is 0 Å². The summed E-state index contributed by atoms with van der Waals surface area (Å²) in [6.07, 6.45) is 4.45. The smallest absolute Gasteiger partial charge is 0.168 e. The molecule has 0 amide bonds. The van der Waals surface area contributed by atoms with Gasteiger partial charge in [0, 0.05) is 19.1 Å².